The Hall–Kier alpha value is -4.08. The number of unbranched alkanes of at least 4 members (excludes halogenated alkanes) is 5. The predicted octanol–water partition coefficient (Wildman–Crippen LogP) is 5.76. The van der Waals surface area contributed by atoms with Crippen molar-refractivity contribution in [3.63, 3.8) is 0 Å². The lowest BCUT2D eigenvalue weighted by molar-refractivity contribution is -0.146. The van der Waals surface area contributed by atoms with E-state index in [-0.39, 0.29) is 35.5 Å². The number of phenolic OH excluding ortho intramolecular Hbond substituents is 2. The predicted molar refractivity (Wildman–Crippen MR) is 171 cm³/mol. The molecule has 0 bridgehead atoms. The largest absolute Gasteiger partial charge is 0.507 e. The summed E-state index contributed by atoms with van der Waals surface area (Å²) in [6.07, 6.45) is 8.90. The summed E-state index contributed by atoms with van der Waals surface area (Å²) < 4.78 is 0. The van der Waals surface area contributed by atoms with Crippen molar-refractivity contribution in [2.24, 2.45) is 5.41 Å². The lowest BCUT2D eigenvalue weighted by atomic mass is 9.77. The third-order valence-corrected chi connectivity index (χ3v) is 7.91. The van der Waals surface area contributed by atoms with E-state index in [2.05, 4.69) is 28.6 Å². The van der Waals surface area contributed by atoms with Crippen LogP contribution in [0.15, 0.2) is 36.4 Å². The zero-order valence-corrected chi connectivity index (χ0v) is 26.7. The Bertz CT molecular complexity index is 1180. The fourth-order valence-electron chi connectivity index (χ4n) is 5.25. The first-order valence-electron chi connectivity index (χ1n) is 16.0. The van der Waals surface area contributed by atoms with E-state index < -0.39 is 29.0 Å². The van der Waals surface area contributed by atoms with E-state index in [0.29, 0.717) is 36.8 Å². The summed E-state index contributed by atoms with van der Waals surface area (Å²) >= 11 is 0. The average molecular weight is 611 g/mol. The first-order valence-corrected chi connectivity index (χ1v) is 16.0. The van der Waals surface area contributed by atoms with Gasteiger partial charge < -0.3 is 10.2 Å². The zero-order valence-electron chi connectivity index (χ0n) is 26.7. The van der Waals surface area contributed by atoms with Crippen LogP contribution in [0.1, 0.15) is 130 Å². The van der Waals surface area contributed by atoms with Gasteiger partial charge in [0.05, 0.1) is 11.1 Å². The Kier molecular flexibility index (Phi) is 15.2. The Morgan fingerprint density at radius 2 is 1.02 bits per heavy atom. The molecule has 242 valence electrons. The van der Waals surface area contributed by atoms with E-state index in [1.54, 1.807) is 24.3 Å². The normalized spacial score (nSPS) is 11.1. The van der Waals surface area contributed by atoms with Gasteiger partial charge in [-0.15, -0.1) is 0 Å². The molecule has 0 heterocycles. The maximum atomic E-state index is 13.7. The number of amides is 4. The van der Waals surface area contributed by atoms with Gasteiger partial charge in [0, 0.05) is 0 Å². The summed E-state index contributed by atoms with van der Waals surface area (Å²) in [6.45, 7) is 7.97. The van der Waals surface area contributed by atoms with Gasteiger partial charge in [0.1, 0.15) is 16.9 Å². The van der Waals surface area contributed by atoms with Crippen molar-refractivity contribution in [2.45, 2.75) is 111 Å². The Balaban J connectivity index is 2.24. The number of carbonyl (C=O) groups excluding carboxylic acids is 4. The number of para-hydroxylation sites is 2. The first kappa shape index (κ1) is 36.1. The first-order chi connectivity index (χ1) is 21.2. The maximum Gasteiger partial charge on any atom is 0.273 e. The van der Waals surface area contributed by atoms with Crippen LogP contribution < -0.4 is 21.7 Å². The fraction of sp³-hybridized carbons (Fsp3) is 0.529. The SMILES string of the molecule is CCCCCCC(CCC)(C(=O)NNC(=O)c1cccc(CCCC)c1O)C(=O)NNC(=O)c1cccc(CCCC)c1O. The summed E-state index contributed by atoms with van der Waals surface area (Å²) in [7, 11) is 0. The van der Waals surface area contributed by atoms with Crippen LogP contribution in [0, 0.1) is 5.41 Å². The number of benzene rings is 2. The summed E-state index contributed by atoms with van der Waals surface area (Å²) in [5, 5.41) is 21.3. The molecule has 0 aliphatic carbocycles. The van der Waals surface area contributed by atoms with Crippen LogP contribution in [0.3, 0.4) is 0 Å². The van der Waals surface area contributed by atoms with Crippen molar-refractivity contribution < 1.29 is 29.4 Å². The number of nitrogens with one attached hydrogen (secondary N) is 4. The van der Waals surface area contributed by atoms with E-state index in [1.165, 1.54) is 12.1 Å². The van der Waals surface area contributed by atoms with Crippen LogP contribution in [0.5, 0.6) is 11.5 Å². The third kappa shape index (κ3) is 9.72. The second kappa shape index (κ2) is 18.6. The van der Waals surface area contributed by atoms with Crippen molar-refractivity contribution >= 4 is 23.6 Å². The molecular weight excluding hydrogens is 560 g/mol. The summed E-state index contributed by atoms with van der Waals surface area (Å²) in [4.78, 5) is 53.4. The monoisotopic (exact) mass is 610 g/mol. The number of hydrogen-bond acceptors (Lipinski definition) is 6. The summed E-state index contributed by atoms with van der Waals surface area (Å²) in [5.41, 5.74) is 9.26. The third-order valence-electron chi connectivity index (χ3n) is 7.91. The molecule has 0 fully saturated rings. The Morgan fingerprint density at radius 1 is 0.568 bits per heavy atom. The molecule has 10 heteroatoms. The van der Waals surface area contributed by atoms with Crippen LogP contribution in [-0.4, -0.2) is 33.8 Å². The number of aryl methyl sites for hydroxylation is 2. The van der Waals surface area contributed by atoms with Crippen molar-refractivity contribution in [1.29, 1.82) is 0 Å². The summed E-state index contributed by atoms with van der Waals surface area (Å²) in [5.74, 6) is -3.15. The van der Waals surface area contributed by atoms with Crippen molar-refractivity contribution in [3.8, 4) is 11.5 Å². The minimum atomic E-state index is -1.60. The van der Waals surface area contributed by atoms with Crippen LogP contribution >= 0.6 is 0 Å². The molecule has 6 N–H and O–H groups in total. The maximum absolute atomic E-state index is 13.7. The molecule has 0 aromatic heterocycles. The molecule has 10 nitrogen and oxygen atoms in total. The Labute approximate surface area is 261 Å². The van der Waals surface area contributed by atoms with Crippen LogP contribution in [-0.2, 0) is 22.4 Å². The number of hydrogen-bond donors (Lipinski definition) is 6. The van der Waals surface area contributed by atoms with Gasteiger partial charge in [-0.05, 0) is 61.8 Å². The quantitative estimate of drug-likeness (QED) is 0.0759. The molecule has 44 heavy (non-hydrogen) atoms. The molecule has 0 spiro atoms. The molecule has 0 radical (unpaired) electrons. The topological polar surface area (TPSA) is 157 Å². The lowest BCUT2D eigenvalue weighted by Gasteiger charge is -2.31. The van der Waals surface area contributed by atoms with E-state index in [9.17, 15) is 29.4 Å². The summed E-state index contributed by atoms with van der Waals surface area (Å²) in [6, 6.07) is 9.77. The average Bonchev–Trinajstić information content (AvgIpc) is 3.02. The van der Waals surface area contributed by atoms with E-state index in [1.807, 2.05) is 20.8 Å². The lowest BCUT2D eigenvalue weighted by Crippen LogP contribution is -2.58. The fourth-order valence-corrected chi connectivity index (χ4v) is 5.25. The van der Waals surface area contributed by atoms with E-state index >= 15 is 0 Å². The molecular formula is C34H50N4O6. The zero-order chi connectivity index (χ0) is 32.5. The molecule has 2 aromatic carbocycles. The molecule has 0 unspecified atom stereocenters. The van der Waals surface area contributed by atoms with Gasteiger partial charge in [-0.3, -0.25) is 40.9 Å². The molecule has 0 saturated carbocycles. The Morgan fingerprint density at radius 3 is 1.43 bits per heavy atom. The number of aromatic hydroxyl groups is 2. The highest BCUT2D eigenvalue weighted by Crippen LogP contribution is 2.32. The van der Waals surface area contributed by atoms with Crippen LogP contribution in [0.4, 0.5) is 0 Å². The highest BCUT2D eigenvalue weighted by atomic mass is 16.3. The van der Waals surface area contributed by atoms with Crippen molar-refractivity contribution in [2.75, 3.05) is 0 Å². The van der Waals surface area contributed by atoms with Crippen molar-refractivity contribution in [3.05, 3.63) is 58.7 Å². The molecule has 4 amide bonds. The molecule has 0 saturated heterocycles. The standard InChI is InChI=1S/C34H50N4O6/c1-5-9-12-13-23-34(22-8-4,32(43)37-35-30(41)26-20-14-18-24(28(26)39)16-10-6-2)33(44)38-36-31(42)27-21-15-19-25(29(27)40)17-11-7-3/h14-15,18-21,39-40H,5-13,16-17,22-23H2,1-4H3,(H,35,41)(H,36,42)(H,37,43)(H,38,44). The number of phenols is 2. The van der Waals surface area contributed by atoms with Crippen LogP contribution in [0.2, 0.25) is 0 Å². The number of hydrazine groups is 2. The smallest absolute Gasteiger partial charge is 0.273 e. The van der Waals surface area contributed by atoms with Crippen molar-refractivity contribution in [1.82, 2.24) is 21.7 Å². The van der Waals surface area contributed by atoms with Gasteiger partial charge >= 0.3 is 0 Å². The van der Waals surface area contributed by atoms with Gasteiger partial charge in [-0.1, -0.05) is 96.9 Å². The van der Waals surface area contributed by atoms with E-state index in [0.717, 1.165) is 44.9 Å². The second-order valence-corrected chi connectivity index (χ2v) is 11.3. The minimum absolute atomic E-state index is 0.0145. The minimum Gasteiger partial charge on any atom is -0.507 e. The molecule has 0 aliphatic rings. The molecule has 0 atom stereocenters. The second-order valence-electron chi connectivity index (χ2n) is 11.3. The molecule has 2 rings (SSSR count). The van der Waals surface area contributed by atoms with Gasteiger partial charge in [-0.25, -0.2) is 0 Å². The van der Waals surface area contributed by atoms with Gasteiger partial charge in [0.25, 0.3) is 23.6 Å². The highest BCUT2D eigenvalue weighted by Gasteiger charge is 2.45. The van der Waals surface area contributed by atoms with Gasteiger partial charge in [0.2, 0.25) is 0 Å². The van der Waals surface area contributed by atoms with Gasteiger partial charge in [0.15, 0.2) is 0 Å². The molecule has 0 aliphatic heterocycles. The highest BCUT2D eigenvalue weighted by molar-refractivity contribution is 6.07. The number of rotatable bonds is 17. The number of carbonyl (C=O) groups is 4. The van der Waals surface area contributed by atoms with Gasteiger partial charge in [-0.2, -0.15) is 0 Å². The van der Waals surface area contributed by atoms with E-state index in [4.69, 9.17) is 0 Å². The molecule has 2 aromatic rings. The van der Waals surface area contributed by atoms with Crippen LogP contribution in [0.25, 0.3) is 0 Å².